The minimum absolute atomic E-state index is 0.0110. The summed E-state index contributed by atoms with van der Waals surface area (Å²) in [6.07, 6.45) is 1.99. The minimum Gasteiger partial charge on any atom is -0.340 e. The highest BCUT2D eigenvalue weighted by Crippen LogP contribution is 2.32. The topological polar surface area (TPSA) is 83.9 Å². The molecule has 0 spiro atoms. The fourth-order valence-corrected chi connectivity index (χ4v) is 4.37. The third-order valence-electron chi connectivity index (χ3n) is 5.86. The summed E-state index contributed by atoms with van der Waals surface area (Å²) in [5, 5.41) is 5.85. The number of aromatic nitrogens is 4. The maximum Gasteiger partial charge on any atom is 0.274 e. The molecule has 1 aliphatic heterocycles. The van der Waals surface area contributed by atoms with Gasteiger partial charge in [-0.25, -0.2) is 9.67 Å². The highest BCUT2D eigenvalue weighted by atomic mass is 16.2. The number of aromatic amines is 1. The van der Waals surface area contributed by atoms with Crippen molar-refractivity contribution in [1.82, 2.24) is 24.6 Å². The Kier molecular flexibility index (Phi) is 4.58. The number of carbonyl (C=O) groups is 1. The van der Waals surface area contributed by atoms with Crippen LogP contribution in [0.25, 0.3) is 21.8 Å². The second-order valence-corrected chi connectivity index (χ2v) is 7.67. The third-order valence-corrected chi connectivity index (χ3v) is 5.86. The van der Waals surface area contributed by atoms with E-state index in [2.05, 4.69) is 10.1 Å². The second-order valence-electron chi connectivity index (χ2n) is 7.67. The highest BCUT2D eigenvalue weighted by molar-refractivity contribution is 5.88. The Labute approximate surface area is 173 Å². The number of fused-ring (bicyclic) bond motifs is 2. The number of hydrogen-bond acceptors (Lipinski definition) is 4. The van der Waals surface area contributed by atoms with Crippen LogP contribution in [0.4, 0.5) is 0 Å². The van der Waals surface area contributed by atoms with Crippen molar-refractivity contribution in [2.75, 3.05) is 6.54 Å². The molecule has 0 radical (unpaired) electrons. The van der Waals surface area contributed by atoms with Crippen LogP contribution in [-0.2, 0) is 17.8 Å². The largest absolute Gasteiger partial charge is 0.340 e. The van der Waals surface area contributed by atoms with Crippen LogP contribution >= 0.6 is 0 Å². The van der Waals surface area contributed by atoms with E-state index in [9.17, 15) is 9.59 Å². The summed E-state index contributed by atoms with van der Waals surface area (Å²) in [5.74, 6) is 0.843. The number of aryl methyl sites for hydroxylation is 1. The number of nitrogens with zero attached hydrogens (tertiary/aromatic N) is 4. The lowest BCUT2D eigenvalue weighted by molar-refractivity contribution is -0.131. The predicted molar refractivity (Wildman–Crippen MR) is 115 cm³/mol. The van der Waals surface area contributed by atoms with Gasteiger partial charge in [-0.05, 0) is 38.0 Å². The fourth-order valence-electron chi connectivity index (χ4n) is 4.37. The van der Waals surface area contributed by atoms with Gasteiger partial charge in [-0.3, -0.25) is 9.59 Å². The van der Waals surface area contributed by atoms with E-state index >= 15 is 0 Å². The van der Waals surface area contributed by atoms with Gasteiger partial charge in [-0.15, -0.1) is 0 Å². The van der Waals surface area contributed by atoms with Crippen LogP contribution < -0.4 is 5.56 Å². The summed E-state index contributed by atoms with van der Waals surface area (Å²) in [6.45, 7) is 3.05. The smallest absolute Gasteiger partial charge is 0.274 e. The van der Waals surface area contributed by atoms with Crippen LogP contribution in [0.2, 0.25) is 0 Å². The van der Waals surface area contributed by atoms with E-state index < -0.39 is 0 Å². The molecule has 0 saturated carbocycles. The number of hydrogen-bond donors (Lipinski definition) is 1. The normalized spacial score (nSPS) is 16.6. The highest BCUT2D eigenvalue weighted by Gasteiger charge is 2.32. The Hall–Kier alpha value is -3.48. The van der Waals surface area contributed by atoms with Crippen molar-refractivity contribution in [3.8, 4) is 0 Å². The van der Waals surface area contributed by atoms with E-state index in [-0.39, 0.29) is 23.9 Å². The van der Waals surface area contributed by atoms with Crippen LogP contribution in [0, 0.1) is 0 Å². The van der Waals surface area contributed by atoms with Gasteiger partial charge in [0.25, 0.3) is 5.56 Å². The zero-order valence-corrected chi connectivity index (χ0v) is 16.8. The zero-order chi connectivity index (χ0) is 20.7. The predicted octanol–water partition coefficient (Wildman–Crippen LogP) is 3.20. The SMILES string of the molecule is CCn1nc(CC(=O)N2CCC[C@H]2c2nc3ccccc3[nH]2)c2ccccc2c1=O. The van der Waals surface area contributed by atoms with Crippen molar-refractivity contribution in [2.45, 2.75) is 38.8 Å². The first kappa shape index (κ1) is 18.5. The molecule has 3 heterocycles. The van der Waals surface area contributed by atoms with Gasteiger partial charge in [0.1, 0.15) is 5.82 Å². The van der Waals surface area contributed by atoms with Crippen molar-refractivity contribution in [3.05, 3.63) is 70.4 Å². The zero-order valence-electron chi connectivity index (χ0n) is 16.8. The molecule has 1 fully saturated rings. The van der Waals surface area contributed by atoms with Crippen molar-refractivity contribution >= 4 is 27.7 Å². The lowest BCUT2D eigenvalue weighted by Gasteiger charge is -2.23. The molecule has 1 atom stereocenters. The Morgan fingerprint density at radius 1 is 1.13 bits per heavy atom. The lowest BCUT2D eigenvalue weighted by Crippen LogP contribution is -2.33. The number of carbonyl (C=O) groups excluding carboxylic acids is 1. The van der Waals surface area contributed by atoms with Crippen molar-refractivity contribution < 1.29 is 4.79 Å². The first-order valence-corrected chi connectivity index (χ1v) is 10.4. The van der Waals surface area contributed by atoms with Crippen LogP contribution in [0.5, 0.6) is 0 Å². The number of imidazole rings is 1. The first-order valence-electron chi connectivity index (χ1n) is 10.4. The molecule has 30 heavy (non-hydrogen) atoms. The molecule has 2 aromatic heterocycles. The summed E-state index contributed by atoms with van der Waals surface area (Å²) in [5.41, 5.74) is 2.42. The maximum absolute atomic E-state index is 13.3. The van der Waals surface area contributed by atoms with Gasteiger partial charge in [-0.2, -0.15) is 5.10 Å². The Morgan fingerprint density at radius 3 is 2.70 bits per heavy atom. The molecule has 7 heteroatoms. The molecule has 1 aliphatic rings. The molecular formula is C23H23N5O2. The molecule has 7 nitrogen and oxygen atoms in total. The van der Waals surface area contributed by atoms with E-state index in [1.54, 1.807) is 6.07 Å². The van der Waals surface area contributed by atoms with E-state index in [0.717, 1.165) is 35.1 Å². The van der Waals surface area contributed by atoms with Crippen LogP contribution in [-0.4, -0.2) is 37.1 Å². The molecule has 0 aliphatic carbocycles. The van der Waals surface area contributed by atoms with Gasteiger partial charge in [-0.1, -0.05) is 30.3 Å². The van der Waals surface area contributed by atoms with Gasteiger partial charge in [0, 0.05) is 18.5 Å². The Bertz CT molecular complexity index is 1270. The standard InChI is InChI=1S/C23H23N5O2/c1-2-28-23(30)16-9-4-3-8-15(16)19(26-28)14-21(29)27-13-7-12-20(27)22-24-17-10-5-6-11-18(17)25-22/h3-6,8-11,20H,2,7,12-14H2,1H3,(H,24,25)/t20-/m0/s1. The number of amides is 1. The third kappa shape index (κ3) is 3.07. The van der Waals surface area contributed by atoms with Gasteiger partial charge in [0.05, 0.1) is 34.6 Å². The molecule has 1 N–H and O–H groups in total. The molecule has 1 amide bonds. The summed E-state index contributed by atoms with van der Waals surface area (Å²) in [7, 11) is 0. The second kappa shape index (κ2) is 7.40. The number of nitrogens with one attached hydrogen (secondary N) is 1. The quantitative estimate of drug-likeness (QED) is 0.569. The number of H-pyrrole nitrogens is 1. The van der Waals surface area contributed by atoms with Crippen molar-refractivity contribution in [3.63, 3.8) is 0 Å². The average Bonchev–Trinajstić information content (AvgIpc) is 3.42. The Balaban J connectivity index is 1.47. The van der Waals surface area contributed by atoms with E-state index in [1.807, 2.05) is 54.3 Å². The van der Waals surface area contributed by atoms with E-state index in [1.165, 1.54) is 4.68 Å². The Morgan fingerprint density at radius 2 is 1.90 bits per heavy atom. The molecule has 1 saturated heterocycles. The summed E-state index contributed by atoms with van der Waals surface area (Å²) in [4.78, 5) is 35.9. The van der Waals surface area contributed by atoms with E-state index in [4.69, 9.17) is 4.98 Å². The molecule has 0 unspecified atom stereocenters. The number of para-hydroxylation sites is 2. The monoisotopic (exact) mass is 401 g/mol. The summed E-state index contributed by atoms with van der Waals surface area (Å²) < 4.78 is 1.44. The average molecular weight is 401 g/mol. The van der Waals surface area contributed by atoms with Gasteiger partial charge < -0.3 is 9.88 Å². The number of benzene rings is 2. The van der Waals surface area contributed by atoms with Gasteiger partial charge in [0.15, 0.2) is 0 Å². The molecule has 2 aromatic carbocycles. The maximum atomic E-state index is 13.3. The minimum atomic E-state index is -0.120. The molecule has 5 rings (SSSR count). The van der Waals surface area contributed by atoms with Crippen molar-refractivity contribution in [2.24, 2.45) is 0 Å². The lowest BCUT2D eigenvalue weighted by atomic mass is 10.1. The van der Waals surface area contributed by atoms with Crippen molar-refractivity contribution in [1.29, 1.82) is 0 Å². The van der Waals surface area contributed by atoms with Gasteiger partial charge >= 0.3 is 0 Å². The van der Waals surface area contributed by atoms with Gasteiger partial charge in [0.2, 0.25) is 5.91 Å². The number of rotatable bonds is 4. The number of likely N-dealkylation sites (tertiary alicyclic amines) is 1. The van der Waals surface area contributed by atoms with E-state index in [0.29, 0.717) is 24.2 Å². The fraction of sp³-hybridized carbons (Fsp3) is 0.304. The summed E-state index contributed by atoms with van der Waals surface area (Å²) >= 11 is 0. The first-order chi connectivity index (χ1) is 14.7. The molecule has 0 bridgehead atoms. The molecular weight excluding hydrogens is 378 g/mol. The summed E-state index contributed by atoms with van der Waals surface area (Å²) in [6, 6.07) is 15.2. The van der Waals surface area contributed by atoms with Crippen LogP contribution in [0.3, 0.4) is 0 Å². The molecule has 152 valence electrons. The molecule has 4 aromatic rings. The van der Waals surface area contributed by atoms with Crippen LogP contribution in [0.1, 0.15) is 37.3 Å². The van der Waals surface area contributed by atoms with Crippen LogP contribution in [0.15, 0.2) is 53.3 Å².